The predicted octanol–water partition coefficient (Wildman–Crippen LogP) is -2.83. The van der Waals surface area contributed by atoms with Crippen molar-refractivity contribution in [3.8, 4) is 0 Å². The van der Waals surface area contributed by atoms with Crippen molar-refractivity contribution in [3.63, 3.8) is 0 Å². The van der Waals surface area contributed by atoms with Crippen molar-refractivity contribution in [1.29, 1.82) is 0 Å². The third-order valence-corrected chi connectivity index (χ3v) is 0. The molecule has 7 heavy (non-hydrogen) atoms. The van der Waals surface area contributed by atoms with Gasteiger partial charge in [0.1, 0.15) is 0 Å². The van der Waals surface area contributed by atoms with E-state index in [-0.39, 0.29) is 169 Å². The zero-order valence-electron chi connectivity index (χ0n) is 2.27. The molecule has 0 aliphatic carbocycles. The Balaban J connectivity index is 0. The molecule has 0 unspecified atom stereocenters. The van der Waals surface area contributed by atoms with E-state index in [1.165, 1.54) is 0 Å². The second kappa shape index (κ2) is 43.5. The van der Waals surface area contributed by atoms with Gasteiger partial charge >= 0.3 is 158 Å². The maximum Gasteiger partial charge on any atom is 2.00 e. The summed E-state index contributed by atoms with van der Waals surface area (Å²) >= 11 is 0. The van der Waals surface area contributed by atoms with Gasteiger partial charge in [-0.1, -0.05) is 0 Å². The minimum atomic E-state index is 0. The maximum atomic E-state index is 0. The first-order chi connectivity index (χ1) is 0. The van der Waals surface area contributed by atoms with Gasteiger partial charge in [0.25, 0.3) is 0 Å². The van der Waals surface area contributed by atoms with E-state index in [0.29, 0.717) is 0 Å². The zero-order chi connectivity index (χ0) is 0. The molecule has 0 atom stereocenters. The van der Waals surface area contributed by atoms with Gasteiger partial charge in [-0.2, -0.15) is 0 Å². The van der Waals surface area contributed by atoms with Crippen LogP contribution in [0.3, 0.4) is 0 Å². The van der Waals surface area contributed by atoms with Gasteiger partial charge in [-0.25, -0.2) is 0 Å². The van der Waals surface area contributed by atoms with E-state index >= 15 is 0 Å². The number of hydrogen-bond acceptors (Lipinski definition) is 0. The van der Waals surface area contributed by atoms with Gasteiger partial charge in [-0.15, -0.1) is 0 Å². The molecule has 0 heterocycles. The van der Waals surface area contributed by atoms with Gasteiger partial charge in [-0.3, -0.25) is 0 Å². The summed E-state index contributed by atoms with van der Waals surface area (Å²) in [7, 11) is 0. The molecule has 0 aromatic heterocycles. The Bertz CT molecular complexity index is 15.7. The molecule has 0 rings (SSSR count). The SMILES string of the molecule is [BaH2].[CaH2].[Cu+2].[O-2].[O-2].[Tl+].[Tl+]. The van der Waals surface area contributed by atoms with Gasteiger partial charge in [0, 0.05) is 0 Å². The minimum absolute atomic E-state index is 0. The molecule has 0 saturated carbocycles. The van der Waals surface area contributed by atoms with Crippen LogP contribution in [0.1, 0.15) is 0 Å². The van der Waals surface area contributed by atoms with Gasteiger partial charge in [0.2, 0.25) is 0 Å². The molecule has 1 radical (unpaired) electrons. The van der Waals surface area contributed by atoms with E-state index in [9.17, 15) is 0 Å². The quantitative estimate of drug-likeness (QED) is 0.247. The molecular formula is H4BaCaCuO2Tl2. The topological polar surface area (TPSA) is 57.0 Å². The summed E-state index contributed by atoms with van der Waals surface area (Å²) < 4.78 is 0. The van der Waals surface area contributed by atoms with Crippen molar-refractivity contribution in [2.75, 3.05) is 0 Å². The smallest absolute Gasteiger partial charge is 2.00 e. The summed E-state index contributed by atoms with van der Waals surface area (Å²) in [5.74, 6) is 0. The van der Waals surface area contributed by atoms with Crippen molar-refractivity contribution in [2.24, 2.45) is 0 Å². The standard InChI is InChI=1S/Ba.Ca.Cu.2O.2Tl.4H/q;;+2;2*-2;2*+1;;;;. The first-order valence-electron chi connectivity index (χ1n) is 0. The molecule has 0 spiro atoms. The molecule has 0 aliphatic heterocycles. The van der Waals surface area contributed by atoms with Crippen LogP contribution in [-0.2, 0) is 28.0 Å². The molecule has 0 bridgehead atoms. The Morgan fingerprint density at radius 3 is 0.714 bits per heavy atom. The molecule has 0 fully saturated rings. The summed E-state index contributed by atoms with van der Waals surface area (Å²) in [5.41, 5.74) is 0. The molecular weight excluding hydrogens is 682 g/mol. The van der Waals surface area contributed by atoms with Crippen LogP contribution in [0.25, 0.3) is 0 Å². The summed E-state index contributed by atoms with van der Waals surface area (Å²) in [6.07, 6.45) is 0. The number of rotatable bonds is 0. The van der Waals surface area contributed by atoms with Gasteiger partial charge < -0.3 is 11.0 Å². The fourth-order valence-corrected chi connectivity index (χ4v) is 0. The monoisotopic (exact) mass is 687 g/mol. The third-order valence-electron chi connectivity index (χ3n) is 0. The molecule has 37 valence electrons. The van der Waals surface area contributed by atoms with Crippen LogP contribution >= 0.6 is 0 Å². The average Bonchev–Trinajstić information content (AvgIpc) is 0. The van der Waals surface area contributed by atoms with Crippen molar-refractivity contribution < 1.29 is 28.0 Å². The van der Waals surface area contributed by atoms with E-state index < -0.39 is 0 Å². The Labute approximate surface area is 164 Å². The summed E-state index contributed by atoms with van der Waals surface area (Å²) in [5, 5.41) is 0. The van der Waals surface area contributed by atoms with Crippen molar-refractivity contribution in [2.45, 2.75) is 0 Å². The molecule has 2 nitrogen and oxygen atoms in total. The second-order valence-electron chi connectivity index (χ2n) is 0. The van der Waals surface area contributed by atoms with E-state index in [1.54, 1.807) is 0 Å². The largest absolute Gasteiger partial charge is 2.00 e. The first-order valence-corrected chi connectivity index (χ1v) is 0. The Morgan fingerprint density at radius 2 is 0.714 bits per heavy atom. The van der Waals surface area contributed by atoms with E-state index in [4.69, 9.17) is 0 Å². The molecule has 0 aromatic carbocycles. The van der Waals surface area contributed by atoms with Crippen LogP contribution in [0, 0.1) is 0 Å². The van der Waals surface area contributed by atoms with E-state index in [1.807, 2.05) is 0 Å². The van der Waals surface area contributed by atoms with E-state index in [2.05, 4.69) is 0 Å². The Kier molecular flexibility index (Phi) is 355. The maximum absolute atomic E-state index is 0. The normalized spacial score (nSPS) is 0. The summed E-state index contributed by atoms with van der Waals surface area (Å²) in [4.78, 5) is 0. The Morgan fingerprint density at radius 1 is 0.714 bits per heavy atom. The third kappa shape index (κ3) is 35.3. The van der Waals surface area contributed by atoms with Gasteiger partial charge in [0.15, 0.2) is 0 Å². The van der Waals surface area contributed by atoms with Crippen molar-refractivity contribution >= 4 is 141 Å². The van der Waals surface area contributed by atoms with Crippen LogP contribution in [-0.4, -0.2) is 141 Å². The number of hydrogen-bond donors (Lipinski definition) is 0. The minimum Gasteiger partial charge on any atom is -2.00 e. The van der Waals surface area contributed by atoms with Crippen molar-refractivity contribution in [3.05, 3.63) is 0 Å². The van der Waals surface area contributed by atoms with Gasteiger partial charge in [0.05, 0.1) is 0 Å². The molecule has 0 N–H and O–H groups in total. The molecule has 0 saturated heterocycles. The zero-order valence-corrected chi connectivity index (χ0v) is 12.2. The molecule has 0 aliphatic rings. The molecule has 0 aromatic rings. The van der Waals surface area contributed by atoms with Crippen LogP contribution in [0.15, 0.2) is 0 Å². The van der Waals surface area contributed by atoms with Gasteiger partial charge in [-0.05, 0) is 0 Å². The fraction of sp³-hybridized carbons (Fsp3) is 0. The van der Waals surface area contributed by atoms with Crippen LogP contribution < -0.4 is 0 Å². The van der Waals surface area contributed by atoms with Crippen LogP contribution in [0.2, 0.25) is 0 Å². The van der Waals surface area contributed by atoms with E-state index in [0.717, 1.165) is 0 Å². The average molecular weight is 686 g/mol. The fourth-order valence-electron chi connectivity index (χ4n) is 0. The predicted molar refractivity (Wildman–Crippen MR) is 30.0 cm³/mol. The first kappa shape index (κ1) is 57.2. The summed E-state index contributed by atoms with van der Waals surface area (Å²) in [6, 6.07) is 0. The molecule has 0 amide bonds. The van der Waals surface area contributed by atoms with Crippen molar-refractivity contribution in [1.82, 2.24) is 0 Å². The van der Waals surface area contributed by atoms with Crippen LogP contribution in [0.5, 0.6) is 0 Å². The second-order valence-corrected chi connectivity index (χ2v) is 0. The Hall–Kier alpha value is 5.11. The molecule has 7 heteroatoms. The summed E-state index contributed by atoms with van der Waals surface area (Å²) in [6.45, 7) is 0. The van der Waals surface area contributed by atoms with Crippen LogP contribution in [0.4, 0.5) is 0 Å².